The summed E-state index contributed by atoms with van der Waals surface area (Å²) in [5, 5.41) is 8.20. The highest BCUT2D eigenvalue weighted by Gasteiger charge is 2.49. The lowest BCUT2D eigenvalue weighted by Crippen LogP contribution is -2.41. The summed E-state index contributed by atoms with van der Waals surface area (Å²) in [5.41, 5.74) is 1.58. The Balaban J connectivity index is 1.88. The summed E-state index contributed by atoms with van der Waals surface area (Å²) in [6, 6.07) is 2.19. The van der Waals surface area contributed by atoms with Crippen molar-refractivity contribution in [3.8, 4) is 0 Å². The summed E-state index contributed by atoms with van der Waals surface area (Å²) < 4.78 is 7.29. The highest BCUT2D eigenvalue weighted by molar-refractivity contribution is 5.21. The van der Waals surface area contributed by atoms with Crippen LogP contribution in [0.25, 0.3) is 0 Å². The molecule has 0 aromatic carbocycles. The first-order valence-corrected chi connectivity index (χ1v) is 6.63. The van der Waals surface area contributed by atoms with Crippen molar-refractivity contribution in [1.82, 2.24) is 15.1 Å². The third-order valence-corrected chi connectivity index (χ3v) is 4.14. The maximum Gasteiger partial charge on any atom is 0.0659 e. The van der Waals surface area contributed by atoms with Gasteiger partial charge >= 0.3 is 0 Å². The third-order valence-electron chi connectivity index (χ3n) is 4.14. The molecule has 2 fully saturated rings. The fraction of sp³-hybridized carbons (Fsp3) is 0.769. The summed E-state index contributed by atoms with van der Waals surface area (Å²) in [6.07, 6.45) is 7.20. The first kappa shape index (κ1) is 11.2. The van der Waals surface area contributed by atoms with E-state index in [2.05, 4.69) is 21.2 Å². The van der Waals surface area contributed by atoms with E-state index in [0.717, 1.165) is 25.6 Å². The van der Waals surface area contributed by atoms with E-state index in [0.29, 0.717) is 0 Å². The fourth-order valence-electron chi connectivity index (χ4n) is 3.19. The Labute approximate surface area is 102 Å². The Hall–Kier alpha value is -0.870. The zero-order valence-corrected chi connectivity index (χ0v) is 10.5. The molecule has 1 N–H and O–H groups in total. The Morgan fingerprint density at radius 3 is 3.12 bits per heavy atom. The van der Waals surface area contributed by atoms with Crippen molar-refractivity contribution in [1.29, 1.82) is 0 Å². The normalized spacial score (nSPS) is 28.8. The van der Waals surface area contributed by atoms with Gasteiger partial charge in [0.15, 0.2) is 0 Å². The first-order chi connectivity index (χ1) is 8.37. The van der Waals surface area contributed by atoms with Gasteiger partial charge in [-0.25, -0.2) is 0 Å². The SMILES string of the molecule is COCCn1nccc1C1(C2CC2)CCCN1. The Bertz CT molecular complexity index is 378. The molecule has 1 saturated heterocycles. The molecule has 2 aliphatic rings. The molecule has 3 rings (SSSR count). The van der Waals surface area contributed by atoms with Crippen molar-refractivity contribution in [2.24, 2.45) is 5.92 Å². The molecule has 0 amide bonds. The van der Waals surface area contributed by atoms with Crippen LogP contribution in [-0.2, 0) is 16.8 Å². The van der Waals surface area contributed by atoms with Crippen LogP contribution in [0.1, 0.15) is 31.4 Å². The van der Waals surface area contributed by atoms with Crippen molar-refractivity contribution < 1.29 is 4.74 Å². The molecule has 0 bridgehead atoms. The standard InChI is InChI=1S/C13H21N3O/c1-17-10-9-16-12(5-8-15-16)13(11-3-4-11)6-2-7-14-13/h5,8,11,14H,2-4,6-7,9-10H2,1H3. The largest absolute Gasteiger partial charge is 0.383 e. The fourth-order valence-corrected chi connectivity index (χ4v) is 3.19. The molecule has 2 heterocycles. The number of hydrogen-bond donors (Lipinski definition) is 1. The molecule has 1 aromatic rings. The molecule has 94 valence electrons. The number of nitrogens with zero attached hydrogens (tertiary/aromatic N) is 2. The van der Waals surface area contributed by atoms with Crippen LogP contribution < -0.4 is 5.32 Å². The molecule has 1 aromatic heterocycles. The van der Waals surface area contributed by atoms with Gasteiger partial charge in [0.05, 0.1) is 24.4 Å². The number of aromatic nitrogens is 2. The predicted molar refractivity (Wildman–Crippen MR) is 65.7 cm³/mol. The van der Waals surface area contributed by atoms with E-state index in [-0.39, 0.29) is 5.54 Å². The molecule has 1 atom stereocenters. The molecule has 0 radical (unpaired) electrons. The van der Waals surface area contributed by atoms with Crippen LogP contribution in [0.3, 0.4) is 0 Å². The van der Waals surface area contributed by atoms with E-state index in [9.17, 15) is 0 Å². The van der Waals surface area contributed by atoms with Crippen molar-refractivity contribution >= 4 is 0 Å². The van der Waals surface area contributed by atoms with Gasteiger partial charge in [0.2, 0.25) is 0 Å². The minimum atomic E-state index is 0.213. The van der Waals surface area contributed by atoms with Gasteiger partial charge in [-0.3, -0.25) is 4.68 Å². The summed E-state index contributed by atoms with van der Waals surface area (Å²) in [4.78, 5) is 0. The van der Waals surface area contributed by atoms with E-state index in [1.165, 1.54) is 31.4 Å². The molecular formula is C13H21N3O. The van der Waals surface area contributed by atoms with Crippen LogP contribution in [-0.4, -0.2) is 30.0 Å². The van der Waals surface area contributed by atoms with Gasteiger partial charge in [-0.05, 0) is 44.2 Å². The number of hydrogen-bond acceptors (Lipinski definition) is 3. The highest BCUT2D eigenvalue weighted by Crippen LogP contribution is 2.50. The van der Waals surface area contributed by atoms with Gasteiger partial charge in [-0.1, -0.05) is 0 Å². The lowest BCUT2D eigenvalue weighted by atomic mass is 9.87. The molecule has 1 saturated carbocycles. The molecule has 4 nitrogen and oxygen atoms in total. The highest BCUT2D eigenvalue weighted by atomic mass is 16.5. The topological polar surface area (TPSA) is 39.1 Å². The van der Waals surface area contributed by atoms with Gasteiger partial charge in [-0.2, -0.15) is 5.10 Å². The lowest BCUT2D eigenvalue weighted by Gasteiger charge is -2.30. The van der Waals surface area contributed by atoms with E-state index < -0.39 is 0 Å². The molecule has 0 spiro atoms. The summed E-state index contributed by atoms with van der Waals surface area (Å²) in [7, 11) is 1.74. The number of nitrogens with one attached hydrogen (secondary N) is 1. The second kappa shape index (κ2) is 4.42. The minimum Gasteiger partial charge on any atom is -0.383 e. The van der Waals surface area contributed by atoms with Crippen molar-refractivity contribution in [3.05, 3.63) is 18.0 Å². The molecule has 1 aliphatic carbocycles. The maximum absolute atomic E-state index is 5.16. The molecule has 17 heavy (non-hydrogen) atoms. The first-order valence-electron chi connectivity index (χ1n) is 6.63. The second-order valence-electron chi connectivity index (χ2n) is 5.21. The Kier molecular flexibility index (Phi) is 2.92. The van der Waals surface area contributed by atoms with Gasteiger partial charge in [0, 0.05) is 13.3 Å². The van der Waals surface area contributed by atoms with E-state index >= 15 is 0 Å². The molecule has 1 unspecified atom stereocenters. The van der Waals surface area contributed by atoms with Crippen molar-refractivity contribution in [2.75, 3.05) is 20.3 Å². The average molecular weight is 235 g/mol. The number of methoxy groups -OCH3 is 1. The van der Waals surface area contributed by atoms with Crippen molar-refractivity contribution in [2.45, 2.75) is 37.8 Å². The van der Waals surface area contributed by atoms with Crippen molar-refractivity contribution in [3.63, 3.8) is 0 Å². The van der Waals surface area contributed by atoms with Crippen LogP contribution >= 0.6 is 0 Å². The third kappa shape index (κ3) is 1.89. The number of ether oxygens (including phenoxy) is 1. The minimum absolute atomic E-state index is 0.213. The zero-order chi connectivity index (χ0) is 11.7. The van der Waals surface area contributed by atoms with E-state index in [4.69, 9.17) is 4.74 Å². The van der Waals surface area contributed by atoms with E-state index in [1.54, 1.807) is 7.11 Å². The van der Waals surface area contributed by atoms with Gasteiger partial charge in [0.1, 0.15) is 0 Å². The van der Waals surface area contributed by atoms with Gasteiger partial charge in [-0.15, -0.1) is 0 Å². The quantitative estimate of drug-likeness (QED) is 0.841. The predicted octanol–water partition coefficient (Wildman–Crippen LogP) is 1.52. The second-order valence-corrected chi connectivity index (χ2v) is 5.21. The van der Waals surface area contributed by atoms with Crippen LogP contribution in [0.4, 0.5) is 0 Å². The van der Waals surface area contributed by atoms with E-state index in [1.807, 2.05) is 6.20 Å². The maximum atomic E-state index is 5.16. The van der Waals surface area contributed by atoms with Gasteiger partial charge < -0.3 is 10.1 Å². The molecular weight excluding hydrogens is 214 g/mol. The van der Waals surface area contributed by atoms with Gasteiger partial charge in [0.25, 0.3) is 0 Å². The lowest BCUT2D eigenvalue weighted by molar-refractivity contribution is 0.178. The average Bonchev–Trinajstić information content (AvgIpc) is 2.93. The van der Waals surface area contributed by atoms with Crippen LogP contribution in [0.5, 0.6) is 0 Å². The summed E-state index contributed by atoms with van der Waals surface area (Å²) >= 11 is 0. The van der Waals surface area contributed by atoms with Crippen LogP contribution in [0, 0.1) is 5.92 Å². The smallest absolute Gasteiger partial charge is 0.0659 e. The Morgan fingerprint density at radius 1 is 1.59 bits per heavy atom. The monoisotopic (exact) mass is 235 g/mol. The Morgan fingerprint density at radius 2 is 2.47 bits per heavy atom. The summed E-state index contributed by atoms with van der Waals surface area (Å²) in [6.45, 7) is 2.73. The van der Waals surface area contributed by atoms with Crippen LogP contribution in [0.2, 0.25) is 0 Å². The summed E-state index contributed by atoms with van der Waals surface area (Å²) in [5.74, 6) is 0.822. The van der Waals surface area contributed by atoms with Crippen LogP contribution in [0.15, 0.2) is 12.3 Å². The number of rotatable bonds is 5. The molecule has 1 aliphatic heterocycles. The molecule has 4 heteroatoms. The zero-order valence-electron chi connectivity index (χ0n) is 10.5.